The largest absolute Gasteiger partial charge is 0.471 e. The minimum Gasteiger partial charge on any atom is -0.341 e. The molecule has 6 heteroatoms. The molecule has 0 bridgehead atoms. The topological polar surface area (TPSA) is 44.9 Å². The van der Waals surface area contributed by atoms with E-state index in [1.807, 2.05) is 11.4 Å². The molecule has 0 fully saturated rings. The summed E-state index contributed by atoms with van der Waals surface area (Å²) < 4.78 is 37.5. The Morgan fingerprint density at radius 2 is 1.59 bits per heavy atom. The number of alkyl halides is 3. The lowest BCUT2D eigenvalue weighted by Crippen LogP contribution is -2.30. The molecule has 0 spiro atoms. The lowest BCUT2D eigenvalue weighted by atomic mass is 10.0. The molecule has 0 saturated carbocycles. The monoisotopic (exact) mass is 304 g/mol. The third kappa shape index (κ3) is 2.55. The molecule has 2 aromatic carbocycles. The standard InChI is InChI=1S/C16H11F3N2O/c17-16(18,19)15(22)21-14-13(10-6-2-1-3-7-10)11-8-4-5-9-12(11)20-14/h1-9,20H,(H,21,22). The Hall–Kier alpha value is -2.76. The number of benzene rings is 2. The van der Waals surface area contributed by atoms with Crippen LogP contribution in [0.15, 0.2) is 54.6 Å². The number of carbonyl (C=O) groups is 1. The van der Waals surface area contributed by atoms with Crippen molar-refractivity contribution in [3.05, 3.63) is 54.6 Å². The van der Waals surface area contributed by atoms with Crippen molar-refractivity contribution in [1.29, 1.82) is 0 Å². The maximum absolute atomic E-state index is 12.5. The number of aromatic amines is 1. The van der Waals surface area contributed by atoms with Crippen LogP contribution in [0.1, 0.15) is 0 Å². The van der Waals surface area contributed by atoms with Crippen molar-refractivity contribution in [3.8, 4) is 11.1 Å². The second kappa shape index (κ2) is 5.22. The van der Waals surface area contributed by atoms with Crippen molar-refractivity contribution in [2.24, 2.45) is 0 Å². The first-order chi connectivity index (χ1) is 10.5. The molecule has 0 atom stereocenters. The van der Waals surface area contributed by atoms with Gasteiger partial charge in [-0.2, -0.15) is 13.2 Å². The maximum Gasteiger partial charge on any atom is 0.471 e. The molecule has 112 valence electrons. The summed E-state index contributed by atoms with van der Waals surface area (Å²) in [5, 5.41) is 2.66. The zero-order valence-corrected chi connectivity index (χ0v) is 11.2. The van der Waals surface area contributed by atoms with E-state index in [9.17, 15) is 18.0 Å². The fraction of sp³-hybridized carbons (Fsp3) is 0.0625. The molecular weight excluding hydrogens is 293 g/mol. The van der Waals surface area contributed by atoms with Crippen LogP contribution >= 0.6 is 0 Å². The molecular formula is C16H11F3N2O. The number of halogens is 3. The van der Waals surface area contributed by atoms with Gasteiger partial charge in [0.2, 0.25) is 0 Å². The van der Waals surface area contributed by atoms with Gasteiger partial charge in [0.1, 0.15) is 5.82 Å². The van der Waals surface area contributed by atoms with Gasteiger partial charge in [-0.25, -0.2) is 0 Å². The van der Waals surface area contributed by atoms with Crippen LogP contribution in [0.5, 0.6) is 0 Å². The summed E-state index contributed by atoms with van der Waals surface area (Å²) in [4.78, 5) is 14.1. The van der Waals surface area contributed by atoms with Crippen LogP contribution in [0.25, 0.3) is 22.0 Å². The molecule has 0 unspecified atom stereocenters. The molecule has 1 heterocycles. The van der Waals surface area contributed by atoms with Crippen LogP contribution in [-0.4, -0.2) is 17.1 Å². The fourth-order valence-electron chi connectivity index (χ4n) is 2.32. The summed E-state index contributed by atoms with van der Waals surface area (Å²) >= 11 is 0. The zero-order valence-electron chi connectivity index (χ0n) is 11.2. The molecule has 3 nitrogen and oxygen atoms in total. The highest BCUT2D eigenvalue weighted by Gasteiger charge is 2.39. The van der Waals surface area contributed by atoms with Gasteiger partial charge in [-0.15, -0.1) is 0 Å². The molecule has 0 aliphatic rings. The van der Waals surface area contributed by atoms with E-state index < -0.39 is 12.1 Å². The van der Waals surface area contributed by atoms with Crippen molar-refractivity contribution in [2.45, 2.75) is 6.18 Å². The van der Waals surface area contributed by atoms with Crippen LogP contribution in [-0.2, 0) is 4.79 Å². The van der Waals surface area contributed by atoms with Gasteiger partial charge in [-0.3, -0.25) is 4.79 Å². The van der Waals surface area contributed by atoms with Gasteiger partial charge in [0.25, 0.3) is 0 Å². The van der Waals surface area contributed by atoms with Gasteiger partial charge < -0.3 is 10.3 Å². The Bertz CT molecular complexity index is 822. The zero-order chi connectivity index (χ0) is 15.7. The van der Waals surface area contributed by atoms with E-state index in [0.717, 1.165) is 10.9 Å². The van der Waals surface area contributed by atoms with Crippen LogP contribution in [0.2, 0.25) is 0 Å². The van der Waals surface area contributed by atoms with E-state index in [1.165, 1.54) is 0 Å². The van der Waals surface area contributed by atoms with Crippen molar-refractivity contribution in [2.75, 3.05) is 5.32 Å². The average molecular weight is 304 g/mol. The molecule has 0 aliphatic carbocycles. The molecule has 3 aromatic rings. The van der Waals surface area contributed by atoms with Gasteiger partial charge >= 0.3 is 12.1 Å². The van der Waals surface area contributed by atoms with E-state index in [4.69, 9.17) is 0 Å². The lowest BCUT2D eigenvalue weighted by molar-refractivity contribution is -0.167. The number of anilines is 1. The normalized spacial score (nSPS) is 11.6. The van der Waals surface area contributed by atoms with Crippen molar-refractivity contribution in [1.82, 2.24) is 4.98 Å². The average Bonchev–Trinajstić information content (AvgIpc) is 2.85. The first kappa shape index (κ1) is 14.2. The Labute approximate surface area is 123 Å². The van der Waals surface area contributed by atoms with Gasteiger partial charge in [-0.05, 0) is 11.6 Å². The summed E-state index contributed by atoms with van der Waals surface area (Å²) in [5.41, 5.74) is 1.91. The molecule has 22 heavy (non-hydrogen) atoms. The smallest absolute Gasteiger partial charge is 0.341 e. The lowest BCUT2D eigenvalue weighted by Gasteiger charge is -2.09. The van der Waals surface area contributed by atoms with E-state index in [-0.39, 0.29) is 5.82 Å². The van der Waals surface area contributed by atoms with E-state index in [2.05, 4.69) is 4.98 Å². The first-order valence-electron chi connectivity index (χ1n) is 6.51. The maximum atomic E-state index is 12.5. The predicted octanol–water partition coefficient (Wildman–Crippen LogP) is 4.34. The van der Waals surface area contributed by atoms with Crippen molar-refractivity contribution in [3.63, 3.8) is 0 Å². The highest BCUT2D eigenvalue weighted by molar-refractivity contribution is 6.07. The van der Waals surface area contributed by atoms with E-state index in [1.54, 1.807) is 48.5 Å². The quantitative estimate of drug-likeness (QED) is 0.727. The number of carbonyl (C=O) groups excluding carboxylic acids is 1. The minimum absolute atomic E-state index is 0.0368. The summed E-state index contributed by atoms with van der Waals surface area (Å²) in [7, 11) is 0. The van der Waals surface area contributed by atoms with Gasteiger partial charge in [0.05, 0.1) is 0 Å². The third-order valence-electron chi connectivity index (χ3n) is 3.26. The van der Waals surface area contributed by atoms with Crippen LogP contribution in [0.4, 0.5) is 19.0 Å². The first-order valence-corrected chi connectivity index (χ1v) is 6.51. The predicted molar refractivity (Wildman–Crippen MR) is 78.4 cm³/mol. The molecule has 0 radical (unpaired) electrons. The Kier molecular flexibility index (Phi) is 3.36. The summed E-state index contributed by atoms with van der Waals surface area (Å²) in [6.45, 7) is 0. The van der Waals surface area contributed by atoms with Crippen LogP contribution in [0.3, 0.4) is 0 Å². The molecule has 0 aliphatic heterocycles. The number of hydrogen-bond acceptors (Lipinski definition) is 1. The van der Waals surface area contributed by atoms with Gasteiger partial charge in [0.15, 0.2) is 0 Å². The third-order valence-corrected chi connectivity index (χ3v) is 3.26. The second-order valence-electron chi connectivity index (χ2n) is 4.74. The van der Waals surface area contributed by atoms with Crippen LogP contribution in [0, 0.1) is 0 Å². The highest BCUT2D eigenvalue weighted by atomic mass is 19.4. The second-order valence-corrected chi connectivity index (χ2v) is 4.74. The molecule has 3 rings (SSSR count). The number of hydrogen-bond donors (Lipinski definition) is 2. The highest BCUT2D eigenvalue weighted by Crippen LogP contribution is 2.36. The summed E-state index contributed by atoms with van der Waals surface area (Å²) in [6, 6.07) is 16.0. The summed E-state index contributed by atoms with van der Waals surface area (Å²) in [6.07, 6.45) is -4.94. The van der Waals surface area contributed by atoms with Gasteiger partial charge in [-0.1, -0.05) is 48.5 Å². The Morgan fingerprint density at radius 1 is 0.955 bits per heavy atom. The number of aromatic nitrogens is 1. The van der Waals surface area contributed by atoms with E-state index in [0.29, 0.717) is 11.1 Å². The van der Waals surface area contributed by atoms with Gasteiger partial charge in [0, 0.05) is 16.5 Å². The molecule has 2 N–H and O–H groups in total. The summed E-state index contributed by atoms with van der Waals surface area (Å²) in [5.74, 6) is -1.97. The van der Waals surface area contributed by atoms with E-state index >= 15 is 0 Å². The molecule has 0 saturated heterocycles. The number of rotatable bonds is 2. The number of fused-ring (bicyclic) bond motifs is 1. The Morgan fingerprint density at radius 3 is 2.27 bits per heavy atom. The van der Waals surface area contributed by atoms with Crippen molar-refractivity contribution < 1.29 is 18.0 Å². The minimum atomic E-state index is -4.94. The van der Waals surface area contributed by atoms with Crippen LogP contribution < -0.4 is 5.32 Å². The number of H-pyrrole nitrogens is 1. The Balaban J connectivity index is 2.16. The SMILES string of the molecule is O=C(Nc1[nH]c2ccccc2c1-c1ccccc1)C(F)(F)F. The number of para-hydroxylation sites is 1. The molecule has 1 aromatic heterocycles. The van der Waals surface area contributed by atoms with Crippen molar-refractivity contribution >= 4 is 22.6 Å². The fourth-order valence-corrected chi connectivity index (χ4v) is 2.32. The number of nitrogens with one attached hydrogen (secondary N) is 2. The number of amides is 1. The molecule has 1 amide bonds.